The Morgan fingerprint density at radius 2 is 1.86 bits per heavy atom. The normalized spacial score (nSPS) is 23.6. The zero-order valence-electron chi connectivity index (χ0n) is 13.4. The van der Waals surface area contributed by atoms with Crippen LogP contribution in [0.15, 0.2) is 24.3 Å². The van der Waals surface area contributed by atoms with E-state index in [9.17, 15) is 4.79 Å². The summed E-state index contributed by atoms with van der Waals surface area (Å²) in [6, 6.07) is 9.56. The van der Waals surface area contributed by atoms with Gasteiger partial charge in [-0.3, -0.25) is 4.79 Å². The highest BCUT2D eigenvalue weighted by Crippen LogP contribution is 2.27. The summed E-state index contributed by atoms with van der Waals surface area (Å²) in [6.07, 6.45) is 3.99. The fourth-order valence-corrected chi connectivity index (χ4v) is 3.06. The van der Waals surface area contributed by atoms with Gasteiger partial charge in [0.15, 0.2) is 0 Å². The first-order chi connectivity index (χ1) is 10.1. The maximum absolute atomic E-state index is 11.7. The monoisotopic (exact) mass is 289 g/mol. The molecule has 21 heavy (non-hydrogen) atoms. The largest absolute Gasteiger partial charge is 0.466 e. The van der Waals surface area contributed by atoms with E-state index in [1.807, 2.05) is 6.92 Å². The van der Waals surface area contributed by atoms with Crippen LogP contribution in [-0.4, -0.2) is 18.6 Å². The molecule has 0 radical (unpaired) electrons. The molecule has 1 aliphatic carbocycles. The first-order valence-electron chi connectivity index (χ1n) is 8.09. The molecule has 0 aliphatic heterocycles. The fraction of sp³-hybridized carbons (Fsp3) is 0.611. The standard InChI is InChI=1S/C18H27NO2/c1-4-21-18(20)16-9-11-17(12-10-16)19-14(3)15-7-5-13(2)6-8-15/h5-8,14,16-17,19H,4,9-12H2,1-3H3. The number of ether oxygens (including phenoxy) is 1. The number of hydrogen-bond acceptors (Lipinski definition) is 3. The SMILES string of the molecule is CCOC(=O)C1CCC(NC(C)c2ccc(C)cc2)CC1. The molecular weight excluding hydrogens is 262 g/mol. The third kappa shape index (κ3) is 4.57. The zero-order valence-corrected chi connectivity index (χ0v) is 13.4. The zero-order chi connectivity index (χ0) is 15.2. The lowest BCUT2D eigenvalue weighted by Crippen LogP contribution is -2.36. The van der Waals surface area contributed by atoms with Gasteiger partial charge in [0, 0.05) is 12.1 Å². The molecule has 1 N–H and O–H groups in total. The molecule has 0 bridgehead atoms. The van der Waals surface area contributed by atoms with Gasteiger partial charge in [0.25, 0.3) is 0 Å². The summed E-state index contributed by atoms with van der Waals surface area (Å²) in [5.41, 5.74) is 2.62. The minimum Gasteiger partial charge on any atom is -0.466 e. The minimum atomic E-state index is -0.0115. The molecule has 1 saturated carbocycles. The van der Waals surface area contributed by atoms with E-state index in [1.165, 1.54) is 11.1 Å². The van der Waals surface area contributed by atoms with Crippen molar-refractivity contribution in [1.29, 1.82) is 0 Å². The lowest BCUT2D eigenvalue weighted by Gasteiger charge is -2.30. The molecule has 0 spiro atoms. The molecule has 1 atom stereocenters. The van der Waals surface area contributed by atoms with Gasteiger partial charge in [0.1, 0.15) is 0 Å². The first kappa shape index (κ1) is 16.0. The molecule has 3 nitrogen and oxygen atoms in total. The van der Waals surface area contributed by atoms with E-state index in [4.69, 9.17) is 4.74 Å². The molecule has 1 aromatic carbocycles. The molecule has 0 heterocycles. The maximum atomic E-state index is 11.7. The Balaban J connectivity index is 1.80. The van der Waals surface area contributed by atoms with E-state index in [1.54, 1.807) is 0 Å². The highest BCUT2D eigenvalue weighted by molar-refractivity contribution is 5.72. The van der Waals surface area contributed by atoms with Crippen LogP contribution in [0.1, 0.15) is 56.7 Å². The third-order valence-electron chi connectivity index (χ3n) is 4.41. The maximum Gasteiger partial charge on any atom is 0.308 e. The summed E-state index contributed by atoms with van der Waals surface area (Å²) in [5, 5.41) is 3.69. The molecular formula is C18H27NO2. The van der Waals surface area contributed by atoms with Crippen molar-refractivity contribution in [1.82, 2.24) is 5.32 Å². The van der Waals surface area contributed by atoms with Crippen LogP contribution in [-0.2, 0) is 9.53 Å². The number of carbonyl (C=O) groups excluding carboxylic acids is 1. The van der Waals surface area contributed by atoms with Crippen LogP contribution in [0.4, 0.5) is 0 Å². The Morgan fingerprint density at radius 1 is 1.24 bits per heavy atom. The summed E-state index contributed by atoms with van der Waals surface area (Å²) in [7, 11) is 0. The van der Waals surface area contributed by atoms with Gasteiger partial charge >= 0.3 is 5.97 Å². The molecule has 0 saturated heterocycles. The summed E-state index contributed by atoms with van der Waals surface area (Å²) in [4.78, 5) is 11.7. The Hall–Kier alpha value is -1.35. The van der Waals surface area contributed by atoms with Crippen LogP contribution >= 0.6 is 0 Å². The number of rotatable bonds is 5. The van der Waals surface area contributed by atoms with Crippen molar-refractivity contribution in [3.8, 4) is 0 Å². The van der Waals surface area contributed by atoms with Crippen LogP contribution in [0.25, 0.3) is 0 Å². The Bertz CT molecular complexity index is 447. The molecule has 116 valence electrons. The van der Waals surface area contributed by atoms with Crippen LogP contribution in [0.2, 0.25) is 0 Å². The van der Waals surface area contributed by atoms with Crippen molar-refractivity contribution < 1.29 is 9.53 Å². The molecule has 1 aliphatic rings. The van der Waals surface area contributed by atoms with Gasteiger partial charge in [-0.2, -0.15) is 0 Å². The smallest absolute Gasteiger partial charge is 0.308 e. The number of carbonyl (C=O) groups is 1. The highest BCUT2D eigenvalue weighted by atomic mass is 16.5. The van der Waals surface area contributed by atoms with Gasteiger partial charge < -0.3 is 10.1 Å². The van der Waals surface area contributed by atoms with Gasteiger partial charge in [0.2, 0.25) is 0 Å². The topological polar surface area (TPSA) is 38.3 Å². The van der Waals surface area contributed by atoms with Crippen molar-refractivity contribution in [2.75, 3.05) is 6.61 Å². The van der Waals surface area contributed by atoms with E-state index < -0.39 is 0 Å². The second-order valence-electron chi connectivity index (χ2n) is 6.10. The summed E-state index contributed by atoms with van der Waals surface area (Å²) in [6.45, 7) is 6.68. The van der Waals surface area contributed by atoms with E-state index in [-0.39, 0.29) is 11.9 Å². The second kappa shape index (κ2) is 7.60. The molecule has 2 rings (SSSR count). The highest BCUT2D eigenvalue weighted by Gasteiger charge is 2.27. The minimum absolute atomic E-state index is 0.0115. The predicted octanol–water partition coefficient (Wildman–Crippen LogP) is 3.77. The van der Waals surface area contributed by atoms with Crippen LogP contribution in [0, 0.1) is 12.8 Å². The molecule has 1 unspecified atom stereocenters. The molecule has 3 heteroatoms. The molecule has 1 aromatic rings. The quantitative estimate of drug-likeness (QED) is 0.839. The Morgan fingerprint density at radius 3 is 2.43 bits per heavy atom. The molecule has 1 fully saturated rings. The third-order valence-corrected chi connectivity index (χ3v) is 4.41. The number of esters is 1. The van der Waals surface area contributed by atoms with Crippen molar-refractivity contribution >= 4 is 5.97 Å². The van der Waals surface area contributed by atoms with Crippen molar-refractivity contribution in [2.45, 2.75) is 58.5 Å². The number of hydrogen-bond donors (Lipinski definition) is 1. The Kier molecular flexibility index (Phi) is 5.80. The van der Waals surface area contributed by atoms with Gasteiger partial charge in [0.05, 0.1) is 12.5 Å². The number of aryl methyl sites for hydroxylation is 1. The molecule has 0 aromatic heterocycles. The van der Waals surface area contributed by atoms with E-state index in [0.717, 1.165) is 25.7 Å². The average molecular weight is 289 g/mol. The first-order valence-corrected chi connectivity index (χ1v) is 8.09. The van der Waals surface area contributed by atoms with Gasteiger partial charge in [-0.25, -0.2) is 0 Å². The number of nitrogens with one attached hydrogen (secondary N) is 1. The van der Waals surface area contributed by atoms with E-state index >= 15 is 0 Å². The van der Waals surface area contributed by atoms with E-state index in [2.05, 4.69) is 43.4 Å². The summed E-state index contributed by atoms with van der Waals surface area (Å²) in [5.74, 6) is 0.0974. The van der Waals surface area contributed by atoms with Crippen LogP contribution in [0.5, 0.6) is 0 Å². The lowest BCUT2D eigenvalue weighted by atomic mass is 9.85. The summed E-state index contributed by atoms with van der Waals surface area (Å²) >= 11 is 0. The lowest BCUT2D eigenvalue weighted by molar-refractivity contribution is -0.149. The Labute approximate surface area is 128 Å². The van der Waals surface area contributed by atoms with Crippen LogP contribution < -0.4 is 5.32 Å². The summed E-state index contributed by atoms with van der Waals surface area (Å²) < 4.78 is 5.12. The predicted molar refractivity (Wildman–Crippen MR) is 85.1 cm³/mol. The average Bonchev–Trinajstić information content (AvgIpc) is 2.49. The van der Waals surface area contributed by atoms with E-state index in [0.29, 0.717) is 18.7 Å². The molecule has 0 amide bonds. The van der Waals surface area contributed by atoms with Gasteiger partial charge in [-0.05, 0) is 52.0 Å². The second-order valence-corrected chi connectivity index (χ2v) is 6.10. The van der Waals surface area contributed by atoms with Gasteiger partial charge in [-0.15, -0.1) is 0 Å². The fourth-order valence-electron chi connectivity index (χ4n) is 3.06. The number of benzene rings is 1. The van der Waals surface area contributed by atoms with Crippen molar-refractivity contribution in [3.05, 3.63) is 35.4 Å². The van der Waals surface area contributed by atoms with Crippen LogP contribution in [0.3, 0.4) is 0 Å². The van der Waals surface area contributed by atoms with Crippen molar-refractivity contribution in [3.63, 3.8) is 0 Å². The van der Waals surface area contributed by atoms with Gasteiger partial charge in [-0.1, -0.05) is 29.8 Å². The van der Waals surface area contributed by atoms with Crippen molar-refractivity contribution in [2.24, 2.45) is 5.92 Å².